The Morgan fingerprint density at radius 2 is 1.74 bits per heavy atom. The lowest BCUT2D eigenvalue weighted by atomic mass is 9.85. The fourth-order valence-electron chi connectivity index (χ4n) is 3.74. The molecule has 2 heterocycles. The van der Waals surface area contributed by atoms with Gasteiger partial charge in [-0.25, -0.2) is 9.59 Å². The molecule has 2 aliphatic rings. The van der Waals surface area contributed by atoms with Crippen LogP contribution in [0.5, 0.6) is 0 Å². The van der Waals surface area contributed by atoms with Gasteiger partial charge in [0.1, 0.15) is 12.1 Å². The number of amides is 5. The first-order valence-corrected chi connectivity index (χ1v) is 8.82. The maximum absolute atomic E-state index is 12.7. The first kappa shape index (κ1) is 17.1. The van der Waals surface area contributed by atoms with Crippen LogP contribution in [0.2, 0.25) is 0 Å². The van der Waals surface area contributed by atoms with Gasteiger partial charge in [-0.1, -0.05) is 60.2 Å². The molecule has 0 aromatic heterocycles. The van der Waals surface area contributed by atoms with Crippen LogP contribution in [0.15, 0.2) is 54.6 Å². The van der Waals surface area contributed by atoms with Crippen LogP contribution in [0.4, 0.5) is 9.59 Å². The van der Waals surface area contributed by atoms with E-state index >= 15 is 0 Å². The van der Waals surface area contributed by atoms with Crippen molar-refractivity contribution in [1.29, 1.82) is 0 Å². The lowest BCUT2D eigenvalue weighted by Gasteiger charge is -2.46. The van der Waals surface area contributed by atoms with Crippen molar-refractivity contribution >= 4 is 18.0 Å². The van der Waals surface area contributed by atoms with E-state index in [1.165, 1.54) is 4.90 Å². The first-order chi connectivity index (χ1) is 13.0. The largest absolute Gasteiger partial charge is 0.330 e. The number of fused-ring (bicyclic) bond motifs is 1. The molecule has 3 unspecified atom stereocenters. The number of rotatable bonds is 3. The molecule has 0 bridgehead atoms. The molecule has 2 fully saturated rings. The van der Waals surface area contributed by atoms with E-state index in [1.54, 1.807) is 0 Å². The second-order valence-corrected chi connectivity index (χ2v) is 6.89. The molecule has 2 aliphatic heterocycles. The summed E-state index contributed by atoms with van der Waals surface area (Å²) in [5.41, 5.74) is 2.79. The van der Waals surface area contributed by atoms with Crippen LogP contribution in [0.25, 0.3) is 0 Å². The average Bonchev–Trinajstić information content (AvgIpc) is 2.65. The Kier molecular flexibility index (Phi) is 4.27. The highest BCUT2D eigenvalue weighted by molar-refractivity contribution is 6.00. The molecule has 0 spiro atoms. The van der Waals surface area contributed by atoms with E-state index in [2.05, 4.69) is 16.0 Å². The van der Waals surface area contributed by atoms with Gasteiger partial charge in [-0.05, 0) is 18.1 Å². The van der Waals surface area contributed by atoms with Gasteiger partial charge in [0, 0.05) is 6.54 Å². The quantitative estimate of drug-likeness (QED) is 0.778. The summed E-state index contributed by atoms with van der Waals surface area (Å²) in [6.45, 7) is 2.25. The molecule has 0 saturated carbocycles. The van der Waals surface area contributed by atoms with Crippen LogP contribution >= 0.6 is 0 Å². The number of imide groups is 1. The van der Waals surface area contributed by atoms with Gasteiger partial charge < -0.3 is 10.6 Å². The number of benzene rings is 2. The number of nitrogens with zero attached hydrogens (tertiary/aromatic N) is 1. The number of hydrogen-bond donors (Lipinski definition) is 3. The van der Waals surface area contributed by atoms with Crippen LogP contribution in [-0.4, -0.2) is 29.0 Å². The Balaban J connectivity index is 1.70. The lowest BCUT2D eigenvalue weighted by Crippen LogP contribution is -2.71. The van der Waals surface area contributed by atoms with Crippen molar-refractivity contribution in [2.75, 3.05) is 0 Å². The van der Waals surface area contributed by atoms with Gasteiger partial charge in [0.25, 0.3) is 0 Å². The number of aryl methyl sites for hydroxylation is 1. The maximum Gasteiger partial charge on any atom is 0.326 e. The minimum atomic E-state index is -0.717. The van der Waals surface area contributed by atoms with Crippen molar-refractivity contribution in [3.8, 4) is 0 Å². The van der Waals surface area contributed by atoms with E-state index in [9.17, 15) is 14.4 Å². The van der Waals surface area contributed by atoms with Crippen molar-refractivity contribution in [2.24, 2.45) is 5.92 Å². The maximum atomic E-state index is 12.7. The summed E-state index contributed by atoms with van der Waals surface area (Å²) in [7, 11) is 0. The first-order valence-electron chi connectivity index (χ1n) is 8.82. The van der Waals surface area contributed by atoms with E-state index in [-0.39, 0.29) is 0 Å². The van der Waals surface area contributed by atoms with Crippen LogP contribution in [0.1, 0.15) is 22.7 Å². The average molecular weight is 364 g/mol. The van der Waals surface area contributed by atoms with Gasteiger partial charge in [-0.15, -0.1) is 0 Å². The lowest BCUT2D eigenvalue weighted by molar-refractivity contribution is -0.130. The minimum absolute atomic E-state index is 0.294. The molecular weight excluding hydrogens is 344 g/mol. The molecule has 7 heteroatoms. The van der Waals surface area contributed by atoms with Crippen molar-refractivity contribution in [1.82, 2.24) is 20.9 Å². The normalized spacial score (nSPS) is 24.6. The third kappa shape index (κ3) is 3.23. The van der Waals surface area contributed by atoms with Crippen LogP contribution in [0, 0.1) is 12.8 Å². The highest BCUT2D eigenvalue weighted by Gasteiger charge is 2.49. The highest BCUT2D eigenvalue weighted by Crippen LogP contribution is 2.32. The highest BCUT2D eigenvalue weighted by atomic mass is 16.2. The van der Waals surface area contributed by atoms with Crippen molar-refractivity contribution in [3.05, 3.63) is 71.3 Å². The monoisotopic (exact) mass is 364 g/mol. The van der Waals surface area contributed by atoms with E-state index in [1.807, 2.05) is 61.5 Å². The Bertz CT molecular complexity index is 899. The van der Waals surface area contributed by atoms with E-state index in [0.29, 0.717) is 6.54 Å². The summed E-state index contributed by atoms with van der Waals surface area (Å²) in [6.07, 6.45) is -0.717. The molecule has 2 aromatic rings. The predicted octanol–water partition coefficient (Wildman–Crippen LogP) is 2.04. The number of carbonyl (C=O) groups excluding carboxylic acids is 3. The topological polar surface area (TPSA) is 90.5 Å². The van der Waals surface area contributed by atoms with Gasteiger partial charge in [0.05, 0.1) is 6.04 Å². The van der Waals surface area contributed by atoms with Crippen molar-refractivity contribution in [2.45, 2.75) is 25.7 Å². The Morgan fingerprint density at radius 1 is 0.963 bits per heavy atom. The van der Waals surface area contributed by atoms with Gasteiger partial charge in [0.2, 0.25) is 5.91 Å². The summed E-state index contributed by atoms with van der Waals surface area (Å²) < 4.78 is 0. The predicted molar refractivity (Wildman–Crippen MR) is 98.4 cm³/mol. The zero-order valence-corrected chi connectivity index (χ0v) is 14.8. The van der Waals surface area contributed by atoms with Crippen LogP contribution in [0.3, 0.4) is 0 Å². The molecule has 0 aliphatic carbocycles. The van der Waals surface area contributed by atoms with E-state index in [0.717, 1.165) is 16.7 Å². The molecule has 3 atom stereocenters. The Hall–Kier alpha value is -3.35. The molecule has 0 radical (unpaired) electrons. The Labute approximate surface area is 156 Å². The second kappa shape index (κ2) is 6.75. The molecule has 7 nitrogen and oxygen atoms in total. The zero-order chi connectivity index (χ0) is 19.0. The van der Waals surface area contributed by atoms with Crippen molar-refractivity contribution in [3.63, 3.8) is 0 Å². The summed E-state index contributed by atoms with van der Waals surface area (Å²) >= 11 is 0. The Morgan fingerprint density at radius 3 is 2.48 bits per heavy atom. The molecule has 5 amide bonds. The molecule has 27 heavy (non-hydrogen) atoms. The number of hydrogen-bond acceptors (Lipinski definition) is 3. The number of nitrogens with one attached hydrogen (secondary N) is 3. The summed E-state index contributed by atoms with van der Waals surface area (Å²) in [5.74, 6) is -1.03. The standard InChI is InChI=1S/C20H20N4O3/c1-12-6-5-9-14(10-12)16-15-17(22-19(26)21-16)24(20(27)23-18(15)25)11-13-7-3-2-4-8-13/h2-10,15-17H,11H2,1H3,(H2,21,22,26)(H,23,25,27). The number of urea groups is 2. The van der Waals surface area contributed by atoms with Crippen LogP contribution < -0.4 is 16.0 Å². The van der Waals surface area contributed by atoms with Gasteiger partial charge in [-0.2, -0.15) is 0 Å². The molecular formula is C20H20N4O3. The zero-order valence-electron chi connectivity index (χ0n) is 14.8. The second-order valence-electron chi connectivity index (χ2n) is 6.89. The molecule has 3 N–H and O–H groups in total. The summed E-state index contributed by atoms with van der Waals surface area (Å²) in [6, 6.07) is 15.7. The fraction of sp³-hybridized carbons (Fsp3) is 0.250. The minimum Gasteiger partial charge on any atom is -0.330 e. The molecule has 4 rings (SSSR count). The van der Waals surface area contributed by atoms with Crippen LogP contribution in [-0.2, 0) is 11.3 Å². The summed E-state index contributed by atoms with van der Waals surface area (Å²) in [5, 5.41) is 8.03. The van der Waals surface area contributed by atoms with Gasteiger partial charge in [-0.3, -0.25) is 15.0 Å². The van der Waals surface area contributed by atoms with Gasteiger partial charge >= 0.3 is 12.1 Å². The van der Waals surface area contributed by atoms with E-state index in [4.69, 9.17) is 0 Å². The third-order valence-corrected chi connectivity index (χ3v) is 4.99. The van der Waals surface area contributed by atoms with E-state index < -0.39 is 36.1 Å². The molecule has 138 valence electrons. The molecule has 2 saturated heterocycles. The summed E-state index contributed by atoms with van der Waals surface area (Å²) in [4.78, 5) is 39.0. The number of carbonyl (C=O) groups is 3. The van der Waals surface area contributed by atoms with Gasteiger partial charge in [0.15, 0.2) is 0 Å². The molecule has 2 aromatic carbocycles. The fourth-order valence-corrected chi connectivity index (χ4v) is 3.74. The van der Waals surface area contributed by atoms with Crippen molar-refractivity contribution < 1.29 is 14.4 Å². The third-order valence-electron chi connectivity index (χ3n) is 4.99. The SMILES string of the molecule is Cc1cccc(C2NC(=O)NC3C2C(=O)NC(=O)N3Cc2ccccc2)c1. The smallest absolute Gasteiger partial charge is 0.326 e.